The van der Waals surface area contributed by atoms with Gasteiger partial charge in [-0.1, -0.05) is 40.5 Å². The number of anilines is 1. The van der Waals surface area contributed by atoms with Gasteiger partial charge in [0.15, 0.2) is 5.13 Å². The highest BCUT2D eigenvalue weighted by atomic mass is 32.1. The molecule has 0 saturated carbocycles. The van der Waals surface area contributed by atoms with E-state index < -0.39 is 35.3 Å². The maximum absolute atomic E-state index is 13.3. The maximum Gasteiger partial charge on any atom is 0.408 e. The fourth-order valence-corrected chi connectivity index (χ4v) is 4.48. The minimum atomic E-state index is -1.26. The number of ketones is 1. The third-order valence-electron chi connectivity index (χ3n) is 5.86. The summed E-state index contributed by atoms with van der Waals surface area (Å²) in [7, 11) is 0. The molecule has 36 heavy (non-hydrogen) atoms. The number of carbonyl (C=O) groups excluding carboxylic acids is 2. The molecule has 192 valence electrons. The van der Waals surface area contributed by atoms with Crippen LogP contribution in [0, 0.1) is 5.41 Å². The summed E-state index contributed by atoms with van der Waals surface area (Å²) in [5, 5.41) is 19.4. The number of carbonyl (C=O) groups is 3. The number of aromatic nitrogens is 4. The van der Waals surface area contributed by atoms with Crippen LogP contribution in [0.3, 0.4) is 0 Å². The van der Waals surface area contributed by atoms with Gasteiger partial charge < -0.3 is 5.11 Å². The molecule has 0 aromatic carbocycles. The predicted octanol–water partition coefficient (Wildman–Crippen LogP) is 4.56. The van der Waals surface area contributed by atoms with Crippen molar-refractivity contribution >= 4 is 34.3 Å². The Morgan fingerprint density at radius 1 is 1.22 bits per heavy atom. The zero-order chi connectivity index (χ0) is 26.3. The highest BCUT2D eigenvalue weighted by Gasteiger charge is 2.42. The van der Waals surface area contributed by atoms with Gasteiger partial charge in [-0.25, -0.2) is 9.78 Å². The van der Waals surface area contributed by atoms with Gasteiger partial charge in [0.1, 0.15) is 6.04 Å². The number of thiazole rings is 1. The summed E-state index contributed by atoms with van der Waals surface area (Å²) in [5.41, 5.74) is 0.988. The van der Waals surface area contributed by atoms with E-state index in [1.165, 1.54) is 17.5 Å². The summed E-state index contributed by atoms with van der Waals surface area (Å²) < 4.78 is 1.67. The number of amides is 2. The number of rotatable bonds is 11. The van der Waals surface area contributed by atoms with Crippen LogP contribution in [0.2, 0.25) is 0 Å². The molecule has 3 rings (SSSR count). The normalized spacial score (nSPS) is 13.1. The van der Waals surface area contributed by atoms with Crippen molar-refractivity contribution in [2.75, 3.05) is 5.32 Å². The zero-order valence-electron chi connectivity index (χ0n) is 20.9. The molecule has 0 aliphatic heterocycles. The summed E-state index contributed by atoms with van der Waals surface area (Å²) in [6, 6.07) is 3.77. The van der Waals surface area contributed by atoms with Crippen molar-refractivity contribution in [1.82, 2.24) is 24.6 Å². The molecule has 0 saturated heterocycles. The van der Waals surface area contributed by atoms with Crippen LogP contribution < -0.4 is 5.32 Å². The second-order valence-electron chi connectivity index (χ2n) is 9.55. The predicted molar refractivity (Wildman–Crippen MR) is 138 cm³/mol. The molecule has 3 aromatic rings. The Kier molecular flexibility index (Phi) is 8.92. The first-order chi connectivity index (χ1) is 17.1. The van der Waals surface area contributed by atoms with Crippen LogP contribution in [0.1, 0.15) is 47.0 Å². The van der Waals surface area contributed by atoms with Crippen molar-refractivity contribution in [2.24, 2.45) is 5.41 Å². The summed E-state index contributed by atoms with van der Waals surface area (Å²) in [6.07, 6.45) is 7.00. The average Bonchev–Trinajstić information content (AvgIpc) is 3.52. The SMILES string of the molecule is CCCC[C@@H](C(=O)C(=O)Nc1nccs1)N(C(=O)O)C(Cn1ccc(-c2cccnc2)n1)C(C)(C)C. The number of nitrogens with one attached hydrogen (secondary N) is 1. The average molecular weight is 513 g/mol. The second-order valence-corrected chi connectivity index (χ2v) is 10.4. The number of carboxylic acid groups (broad SMARTS) is 1. The first-order valence-corrected chi connectivity index (χ1v) is 12.7. The third-order valence-corrected chi connectivity index (χ3v) is 6.55. The third kappa shape index (κ3) is 6.75. The van der Waals surface area contributed by atoms with E-state index in [4.69, 9.17) is 0 Å². The quantitative estimate of drug-likeness (QED) is 0.360. The van der Waals surface area contributed by atoms with E-state index in [-0.39, 0.29) is 18.1 Å². The Balaban J connectivity index is 1.92. The van der Waals surface area contributed by atoms with Crippen LogP contribution in [-0.4, -0.2) is 59.6 Å². The molecule has 0 fully saturated rings. The molecule has 0 bridgehead atoms. The first kappa shape index (κ1) is 27.0. The highest BCUT2D eigenvalue weighted by molar-refractivity contribution is 7.13. The Morgan fingerprint density at radius 3 is 2.58 bits per heavy atom. The molecular formula is C25H32N6O4S. The summed E-state index contributed by atoms with van der Waals surface area (Å²) in [4.78, 5) is 48.0. The minimum Gasteiger partial charge on any atom is -0.465 e. The van der Waals surface area contributed by atoms with Gasteiger partial charge in [0.25, 0.3) is 5.91 Å². The van der Waals surface area contributed by atoms with Gasteiger partial charge >= 0.3 is 6.09 Å². The second kappa shape index (κ2) is 11.9. The Morgan fingerprint density at radius 2 is 2.00 bits per heavy atom. The molecule has 0 aliphatic carbocycles. The van der Waals surface area contributed by atoms with E-state index in [0.29, 0.717) is 12.1 Å². The molecule has 3 aromatic heterocycles. The van der Waals surface area contributed by atoms with Crippen LogP contribution in [0.15, 0.2) is 48.4 Å². The number of pyridine rings is 1. The van der Waals surface area contributed by atoms with E-state index in [0.717, 1.165) is 16.9 Å². The number of nitrogens with zero attached hydrogens (tertiary/aromatic N) is 5. The van der Waals surface area contributed by atoms with Crippen molar-refractivity contribution in [3.63, 3.8) is 0 Å². The largest absolute Gasteiger partial charge is 0.465 e. The van der Waals surface area contributed by atoms with Gasteiger partial charge in [0, 0.05) is 35.7 Å². The monoisotopic (exact) mass is 512 g/mol. The van der Waals surface area contributed by atoms with Crippen LogP contribution in [0.4, 0.5) is 9.93 Å². The molecule has 2 amide bonds. The molecule has 1 unspecified atom stereocenters. The van der Waals surface area contributed by atoms with E-state index in [2.05, 4.69) is 20.4 Å². The van der Waals surface area contributed by atoms with Crippen LogP contribution in [0.25, 0.3) is 11.3 Å². The molecule has 0 spiro atoms. The van der Waals surface area contributed by atoms with E-state index in [1.807, 2.05) is 45.9 Å². The molecule has 3 heterocycles. The Hall–Kier alpha value is -3.60. The van der Waals surface area contributed by atoms with Gasteiger partial charge in [-0.3, -0.25) is 29.5 Å². The lowest BCUT2D eigenvalue weighted by Crippen LogP contribution is -2.57. The molecular weight excluding hydrogens is 480 g/mol. The van der Waals surface area contributed by atoms with Crippen LogP contribution in [-0.2, 0) is 16.1 Å². The molecule has 10 nitrogen and oxygen atoms in total. The zero-order valence-corrected chi connectivity index (χ0v) is 21.7. The topological polar surface area (TPSA) is 130 Å². The number of hydrogen-bond donors (Lipinski definition) is 2. The minimum absolute atomic E-state index is 0.208. The molecule has 0 aliphatic rings. The number of Topliss-reactive ketones (excluding diaryl/α,β-unsaturated/α-hetero) is 1. The summed E-state index contributed by atoms with van der Waals surface area (Å²) in [6.45, 7) is 7.90. The molecule has 0 radical (unpaired) electrons. The lowest BCUT2D eigenvalue weighted by Gasteiger charge is -2.42. The van der Waals surface area contributed by atoms with Gasteiger partial charge in [-0.15, -0.1) is 11.3 Å². The van der Waals surface area contributed by atoms with E-state index in [9.17, 15) is 19.5 Å². The van der Waals surface area contributed by atoms with Gasteiger partial charge in [0.2, 0.25) is 5.78 Å². The number of unbranched alkanes of at least 4 members (excludes halogenated alkanes) is 1. The van der Waals surface area contributed by atoms with Crippen LogP contribution in [0.5, 0.6) is 0 Å². The summed E-state index contributed by atoms with van der Waals surface area (Å²) in [5.74, 6) is -1.67. The Labute approximate surface area is 214 Å². The fraction of sp³-hybridized carbons (Fsp3) is 0.440. The summed E-state index contributed by atoms with van der Waals surface area (Å²) >= 11 is 1.18. The molecule has 2 atom stereocenters. The number of hydrogen-bond acceptors (Lipinski definition) is 7. The van der Waals surface area contributed by atoms with Crippen molar-refractivity contribution < 1.29 is 19.5 Å². The Bertz CT molecular complexity index is 1160. The molecule has 11 heteroatoms. The highest BCUT2D eigenvalue weighted by Crippen LogP contribution is 2.30. The lowest BCUT2D eigenvalue weighted by molar-refractivity contribution is -0.139. The van der Waals surface area contributed by atoms with Gasteiger partial charge in [-0.2, -0.15) is 5.10 Å². The van der Waals surface area contributed by atoms with Crippen molar-refractivity contribution in [1.29, 1.82) is 0 Å². The molecule has 2 N–H and O–H groups in total. The maximum atomic E-state index is 13.3. The standard InChI is InChI=1S/C25H32N6O4S/c1-5-6-9-19(21(32)22(33)28-23-27-12-14-36-23)31(24(34)35)20(25(2,3)4)16-30-13-10-18(29-30)17-8-7-11-26-15-17/h7-8,10-15,19-20H,5-6,9,16H2,1-4H3,(H,34,35)(H,27,28,33)/t19-,20?/m0/s1. The van der Waals surface area contributed by atoms with Crippen molar-refractivity contribution in [3.8, 4) is 11.3 Å². The smallest absolute Gasteiger partial charge is 0.408 e. The van der Waals surface area contributed by atoms with Gasteiger partial charge in [0.05, 0.1) is 18.3 Å². The lowest BCUT2D eigenvalue weighted by atomic mass is 9.84. The van der Waals surface area contributed by atoms with E-state index in [1.54, 1.807) is 28.7 Å². The van der Waals surface area contributed by atoms with Gasteiger partial charge in [-0.05, 0) is 30.0 Å². The fourth-order valence-electron chi connectivity index (χ4n) is 3.96. The van der Waals surface area contributed by atoms with E-state index >= 15 is 0 Å². The van der Waals surface area contributed by atoms with Crippen molar-refractivity contribution in [3.05, 3.63) is 48.4 Å². The first-order valence-electron chi connectivity index (χ1n) is 11.8. The van der Waals surface area contributed by atoms with Crippen LogP contribution >= 0.6 is 11.3 Å². The van der Waals surface area contributed by atoms with Crippen molar-refractivity contribution in [2.45, 2.75) is 65.6 Å².